The molecule has 0 N–H and O–H groups in total. The van der Waals surface area contributed by atoms with E-state index in [-0.39, 0.29) is 18.1 Å². The number of benzene rings is 1. The molecule has 0 unspecified atom stereocenters. The minimum absolute atomic E-state index is 0.00904. The highest BCUT2D eigenvalue weighted by atomic mass is 16.5. The van der Waals surface area contributed by atoms with Gasteiger partial charge < -0.3 is 14.5 Å². The highest BCUT2D eigenvalue weighted by molar-refractivity contribution is 5.78. The van der Waals surface area contributed by atoms with Crippen molar-refractivity contribution < 1.29 is 9.53 Å². The summed E-state index contributed by atoms with van der Waals surface area (Å²) in [4.78, 5) is 19.8. The highest BCUT2D eigenvalue weighted by Crippen LogP contribution is 2.39. The summed E-state index contributed by atoms with van der Waals surface area (Å²) in [5.41, 5.74) is 1.19. The van der Waals surface area contributed by atoms with E-state index < -0.39 is 0 Å². The average Bonchev–Trinajstić information content (AvgIpc) is 3.52. The number of hydrogen-bond donors (Lipinski definition) is 0. The van der Waals surface area contributed by atoms with Gasteiger partial charge in [0.2, 0.25) is 5.91 Å². The van der Waals surface area contributed by atoms with Crippen molar-refractivity contribution in [1.29, 1.82) is 0 Å². The van der Waals surface area contributed by atoms with E-state index in [0.29, 0.717) is 19.0 Å². The molecule has 3 fully saturated rings. The van der Waals surface area contributed by atoms with Crippen molar-refractivity contribution in [1.82, 2.24) is 14.7 Å². The fourth-order valence-corrected chi connectivity index (χ4v) is 4.12. The third-order valence-electron chi connectivity index (χ3n) is 5.97. The Hall–Kier alpha value is -1.43. The predicted octanol–water partition coefficient (Wildman–Crippen LogP) is 2.00. The number of ether oxygens (including phenoxy) is 1. The van der Waals surface area contributed by atoms with E-state index in [0.717, 1.165) is 39.1 Å². The van der Waals surface area contributed by atoms with Gasteiger partial charge >= 0.3 is 0 Å². The van der Waals surface area contributed by atoms with Gasteiger partial charge in [-0.2, -0.15) is 0 Å². The molecule has 0 spiro atoms. The lowest BCUT2D eigenvalue weighted by Gasteiger charge is -2.39. The van der Waals surface area contributed by atoms with Crippen LogP contribution in [0.3, 0.4) is 0 Å². The van der Waals surface area contributed by atoms with E-state index in [2.05, 4.69) is 46.0 Å². The van der Waals surface area contributed by atoms with E-state index in [1.54, 1.807) is 0 Å². The fraction of sp³-hybridized carbons (Fsp3) is 0.667. The molecular formula is C21H31N3O2. The maximum absolute atomic E-state index is 13.0. The average molecular weight is 357 g/mol. The Kier molecular flexibility index (Phi) is 5.57. The zero-order chi connectivity index (χ0) is 17.9. The SMILES string of the molecule is CN1CCCN(CC(=O)N2C[C@@H](c3ccccc3)O[C@@H](C3CC3)C2)CC1. The van der Waals surface area contributed by atoms with Crippen molar-refractivity contribution in [2.45, 2.75) is 31.5 Å². The Balaban J connectivity index is 1.41. The summed E-state index contributed by atoms with van der Waals surface area (Å²) in [6.45, 7) is 6.18. The second-order valence-electron chi connectivity index (χ2n) is 8.14. The second kappa shape index (κ2) is 8.07. The Morgan fingerprint density at radius 1 is 1.08 bits per heavy atom. The molecule has 0 radical (unpaired) electrons. The lowest BCUT2D eigenvalue weighted by atomic mass is 10.0. The first-order valence-electron chi connectivity index (χ1n) is 10.1. The second-order valence-corrected chi connectivity index (χ2v) is 8.14. The van der Waals surface area contributed by atoms with Crippen LogP contribution in [0.2, 0.25) is 0 Å². The molecule has 1 aromatic rings. The molecule has 142 valence electrons. The van der Waals surface area contributed by atoms with Gasteiger partial charge in [-0.25, -0.2) is 0 Å². The van der Waals surface area contributed by atoms with Crippen LogP contribution in [0.1, 0.15) is 30.9 Å². The topological polar surface area (TPSA) is 36.0 Å². The summed E-state index contributed by atoms with van der Waals surface area (Å²) in [5.74, 6) is 0.910. The summed E-state index contributed by atoms with van der Waals surface area (Å²) in [6.07, 6.45) is 3.84. The number of carbonyl (C=O) groups is 1. The minimum Gasteiger partial charge on any atom is -0.366 e. The number of rotatable bonds is 4. The van der Waals surface area contributed by atoms with E-state index in [1.165, 1.54) is 18.4 Å². The van der Waals surface area contributed by atoms with E-state index in [9.17, 15) is 4.79 Å². The smallest absolute Gasteiger partial charge is 0.236 e. The van der Waals surface area contributed by atoms with Crippen molar-refractivity contribution in [3.05, 3.63) is 35.9 Å². The normalized spacial score (nSPS) is 28.7. The molecule has 0 aromatic heterocycles. The van der Waals surface area contributed by atoms with Crippen molar-refractivity contribution in [3.63, 3.8) is 0 Å². The standard InChI is InChI=1S/C21H31N3O2/c1-22-10-5-11-23(13-12-22)16-21(25)24-14-19(17-6-3-2-4-7-17)26-20(15-24)18-8-9-18/h2-4,6-7,18-20H,5,8-16H2,1H3/t19-,20+/m0/s1. The van der Waals surface area contributed by atoms with Crippen LogP contribution in [-0.4, -0.2) is 79.6 Å². The molecule has 5 heteroatoms. The largest absolute Gasteiger partial charge is 0.366 e. The lowest BCUT2D eigenvalue weighted by Crippen LogP contribution is -2.50. The number of hydrogen-bond acceptors (Lipinski definition) is 4. The van der Waals surface area contributed by atoms with Crippen LogP contribution < -0.4 is 0 Å². The number of amides is 1. The van der Waals surface area contributed by atoms with Crippen molar-refractivity contribution in [2.75, 3.05) is 52.9 Å². The maximum Gasteiger partial charge on any atom is 0.236 e. The van der Waals surface area contributed by atoms with Gasteiger partial charge in [0.25, 0.3) is 0 Å². The van der Waals surface area contributed by atoms with Gasteiger partial charge in [-0.15, -0.1) is 0 Å². The van der Waals surface area contributed by atoms with Crippen LogP contribution in [0.5, 0.6) is 0 Å². The zero-order valence-corrected chi connectivity index (χ0v) is 15.8. The first-order valence-corrected chi connectivity index (χ1v) is 10.1. The van der Waals surface area contributed by atoms with Crippen LogP contribution in [0.4, 0.5) is 0 Å². The van der Waals surface area contributed by atoms with E-state index >= 15 is 0 Å². The highest BCUT2D eigenvalue weighted by Gasteiger charge is 2.40. The Morgan fingerprint density at radius 2 is 1.88 bits per heavy atom. The van der Waals surface area contributed by atoms with Gasteiger partial charge in [-0.3, -0.25) is 9.69 Å². The molecule has 0 bridgehead atoms. The molecule has 2 atom stereocenters. The maximum atomic E-state index is 13.0. The van der Waals surface area contributed by atoms with Crippen molar-refractivity contribution in [3.8, 4) is 0 Å². The predicted molar refractivity (Wildman–Crippen MR) is 102 cm³/mol. The van der Waals surface area contributed by atoms with Gasteiger partial charge in [0.1, 0.15) is 6.10 Å². The summed E-state index contributed by atoms with van der Waals surface area (Å²) in [5, 5.41) is 0. The molecule has 1 saturated carbocycles. The first kappa shape index (κ1) is 18.0. The van der Waals surface area contributed by atoms with Crippen LogP contribution >= 0.6 is 0 Å². The number of likely N-dealkylation sites (N-methyl/N-ethyl adjacent to an activating group) is 1. The Labute approximate surface area is 156 Å². The summed E-state index contributed by atoms with van der Waals surface area (Å²) >= 11 is 0. The Morgan fingerprint density at radius 3 is 2.65 bits per heavy atom. The van der Waals surface area contributed by atoms with Gasteiger partial charge in [0.05, 0.1) is 19.2 Å². The molecule has 3 aliphatic rings. The van der Waals surface area contributed by atoms with Crippen LogP contribution in [-0.2, 0) is 9.53 Å². The number of nitrogens with zero attached hydrogens (tertiary/aromatic N) is 3. The lowest BCUT2D eigenvalue weighted by molar-refractivity contribution is -0.149. The number of morpholine rings is 1. The molecule has 1 aromatic carbocycles. The molecule has 2 heterocycles. The summed E-state index contributed by atoms with van der Waals surface area (Å²) < 4.78 is 6.39. The molecule has 2 saturated heterocycles. The van der Waals surface area contributed by atoms with Gasteiger partial charge in [-0.05, 0) is 50.9 Å². The van der Waals surface area contributed by atoms with E-state index in [4.69, 9.17) is 4.74 Å². The van der Waals surface area contributed by atoms with Crippen LogP contribution in [0, 0.1) is 5.92 Å². The molecule has 4 rings (SSSR count). The summed E-state index contributed by atoms with van der Waals surface area (Å²) in [6, 6.07) is 10.4. The Bertz CT molecular complexity index is 605. The van der Waals surface area contributed by atoms with Crippen molar-refractivity contribution >= 4 is 5.91 Å². The van der Waals surface area contributed by atoms with Gasteiger partial charge in [0, 0.05) is 19.6 Å². The van der Waals surface area contributed by atoms with Crippen molar-refractivity contribution in [2.24, 2.45) is 5.92 Å². The quantitative estimate of drug-likeness (QED) is 0.826. The third-order valence-corrected chi connectivity index (χ3v) is 5.97. The molecule has 2 aliphatic heterocycles. The first-order chi connectivity index (χ1) is 12.7. The summed E-state index contributed by atoms with van der Waals surface area (Å²) in [7, 11) is 2.16. The fourth-order valence-electron chi connectivity index (χ4n) is 4.12. The van der Waals surface area contributed by atoms with Gasteiger partial charge in [0.15, 0.2) is 0 Å². The molecule has 26 heavy (non-hydrogen) atoms. The molecule has 1 aliphatic carbocycles. The monoisotopic (exact) mass is 357 g/mol. The molecule has 5 nitrogen and oxygen atoms in total. The molecule has 1 amide bonds. The number of carbonyl (C=O) groups excluding carboxylic acids is 1. The van der Waals surface area contributed by atoms with E-state index in [1.807, 2.05) is 6.07 Å². The van der Waals surface area contributed by atoms with Crippen LogP contribution in [0.25, 0.3) is 0 Å². The third kappa shape index (κ3) is 4.45. The molecular weight excluding hydrogens is 326 g/mol. The zero-order valence-electron chi connectivity index (χ0n) is 15.8. The van der Waals surface area contributed by atoms with Crippen LogP contribution in [0.15, 0.2) is 30.3 Å². The van der Waals surface area contributed by atoms with Gasteiger partial charge in [-0.1, -0.05) is 30.3 Å². The minimum atomic E-state index is 0.00904.